The van der Waals surface area contributed by atoms with Crippen molar-refractivity contribution < 1.29 is 0 Å². The van der Waals surface area contributed by atoms with Crippen LogP contribution in [-0.2, 0) is 6.42 Å². The maximum Gasteiger partial charge on any atom is 0.0207 e. The molecule has 0 saturated heterocycles. The van der Waals surface area contributed by atoms with E-state index in [1.807, 2.05) is 0 Å². The van der Waals surface area contributed by atoms with Crippen molar-refractivity contribution in [1.82, 2.24) is 0 Å². The van der Waals surface area contributed by atoms with Gasteiger partial charge in [0, 0.05) is 9.30 Å². The highest BCUT2D eigenvalue weighted by Crippen LogP contribution is 2.25. The molecular weight excluding hydrogens is 304 g/mol. The maximum atomic E-state index is 3.67. The van der Waals surface area contributed by atoms with Crippen molar-refractivity contribution >= 4 is 31.9 Å². The van der Waals surface area contributed by atoms with Crippen molar-refractivity contribution in [2.24, 2.45) is 5.92 Å². The van der Waals surface area contributed by atoms with Crippen LogP contribution in [0.25, 0.3) is 0 Å². The predicted octanol–water partition coefficient (Wildman–Crippen LogP) is 4.80. The molecule has 2 unspecified atom stereocenters. The second-order valence-electron chi connectivity index (χ2n) is 3.64. The van der Waals surface area contributed by atoms with Crippen molar-refractivity contribution in [3.05, 3.63) is 34.3 Å². The van der Waals surface area contributed by atoms with Crippen LogP contribution in [0.2, 0.25) is 0 Å². The summed E-state index contributed by atoms with van der Waals surface area (Å²) in [6.07, 6.45) is 2.36. The van der Waals surface area contributed by atoms with Gasteiger partial charge in [-0.3, -0.25) is 0 Å². The molecule has 0 bridgehead atoms. The second kappa shape index (κ2) is 5.92. The number of benzene rings is 1. The minimum absolute atomic E-state index is 0.583. The van der Waals surface area contributed by atoms with Crippen LogP contribution in [0.15, 0.2) is 28.7 Å². The zero-order valence-corrected chi connectivity index (χ0v) is 11.8. The van der Waals surface area contributed by atoms with Gasteiger partial charge in [-0.2, -0.15) is 0 Å². The number of halogens is 2. The molecule has 1 aromatic rings. The summed E-state index contributed by atoms with van der Waals surface area (Å²) in [6, 6.07) is 8.47. The number of hydrogen-bond acceptors (Lipinski definition) is 0. The van der Waals surface area contributed by atoms with Gasteiger partial charge in [-0.05, 0) is 24.0 Å². The molecule has 14 heavy (non-hydrogen) atoms. The molecule has 0 aliphatic heterocycles. The predicted molar refractivity (Wildman–Crippen MR) is 70.0 cm³/mol. The van der Waals surface area contributed by atoms with Crippen molar-refractivity contribution in [3.63, 3.8) is 0 Å². The molecule has 0 aliphatic carbocycles. The Morgan fingerprint density at radius 3 is 2.43 bits per heavy atom. The molecule has 0 fully saturated rings. The smallest absolute Gasteiger partial charge is 0.0207 e. The first kappa shape index (κ1) is 12.3. The van der Waals surface area contributed by atoms with Gasteiger partial charge in [0.1, 0.15) is 0 Å². The van der Waals surface area contributed by atoms with Crippen LogP contribution in [0.1, 0.15) is 25.8 Å². The van der Waals surface area contributed by atoms with Crippen LogP contribution >= 0.6 is 31.9 Å². The molecule has 0 radical (unpaired) electrons. The van der Waals surface area contributed by atoms with Gasteiger partial charge in [0.05, 0.1) is 0 Å². The van der Waals surface area contributed by atoms with Crippen LogP contribution in [0.3, 0.4) is 0 Å². The topological polar surface area (TPSA) is 0 Å². The molecule has 1 aromatic carbocycles. The molecule has 2 heteroatoms. The van der Waals surface area contributed by atoms with Crippen molar-refractivity contribution in [1.29, 1.82) is 0 Å². The fourth-order valence-electron chi connectivity index (χ4n) is 1.58. The van der Waals surface area contributed by atoms with Crippen LogP contribution in [0.4, 0.5) is 0 Å². The molecule has 0 aliphatic rings. The molecule has 0 saturated carbocycles. The van der Waals surface area contributed by atoms with Gasteiger partial charge in [-0.15, -0.1) is 0 Å². The quantitative estimate of drug-likeness (QED) is 0.699. The summed E-state index contributed by atoms with van der Waals surface area (Å²) in [5, 5.41) is 0. The summed E-state index contributed by atoms with van der Waals surface area (Å²) in [5.74, 6) is 0.716. The molecule has 0 spiro atoms. The third-order valence-electron chi connectivity index (χ3n) is 2.61. The molecule has 1 rings (SSSR count). The maximum absolute atomic E-state index is 3.67. The lowest BCUT2D eigenvalue weighted by molar-refractivity contribution is 0.507. The zero-order chi connectivity index (χ0) is 10.6. The SMILES string of the molecule is CCC(Cc1ccccc1Br)C(C)Br. The summed E-state index contributed by atoms with van der Waals surface area (Å²) in [5.41, 5.74) is 1.41. The molecule has 0 amide bonds. The Morgan fingerprint density at radius 1 is 1.29 bits per heavy atom. The van der Waals surface area contributed by atoms with E-state index in [2.05, 4.69) is 70.0 Å². The highest BCUT2D eigenvalue weighted by Gasteiger charge is 2.14. The van der Waals surface area contributed by atoms with E-state index in [0.29, 0.717) is 10.7 Å². The Labute approximate surface area is 103 Å². The number of hydrogen-bond donors (Lipinski definition) is 0. The van der Waals surface area contributed by atoms with Crippen LogP contribution in [0.5, 0.6) is 0 Å². The summed E-state index contributed by atoms with van der Waals surface area (Å²) in [7, 11) is 0. The Morgan fingerprint density at radius 2 is 1.93 bits per heavy atom. The van der Waals surface area contributed by atoms with Gasteiger partial charge >= 0.3 is 0 Å². The molecule has 2 atom stereocenters. The first-order valence-electron chi connectivity index (χ1n) is 5.02. The Bertz CT molecular complexity index is 281. The van der Waals surface area contributed by atoms with Gasteiger partial charge in [0.15, 0.2) is 0 Å². The first-order valence-corrected chi connectivity index (χ1v) is 6.73. The van der Waals surface area contributed by atoms with E-state index in [1.54, 1.807) is 0 Å². The highest BCUT2D eigenvalue weighted by atomic mass is 79.9. The molecule has 0 heterocycles. The van der Waals surface area contributed by atoms with E-state index in [1.165, 1.54) is 16.5 Å². The summed E-state index contributed by atoms with van der Waals surface area (Å²) in [4.78, 5) is 0.583. The third kappa shape index (κ3) is 3.39. The van der Waals surface area contributed by atoms with Gasteiger partial charge in [0.2, 0.25) is 0 Å². The monoisotopic (exact) mass is 318 g/mol. The molecule has 78 valence electrons. The minimum Gasteiger partial charge on any atom is -0.0891 e. The normalized spacial score (nSPS) is 15.1. The van der Waals surface area contributed by atoms with Crippen molar-refractivity contribution in [2.45, 2.75) is 31.5 Å². The average molecular weight is 320 g/mol. The lowest BCUT2D eigenvalue weighted by Crippen LogP contribution is -2.13. The number of rotatable bonds is 4. The molecular formula is C12H16Br2. The van der Waals surface area contributed by atoms with E-state index >= 15 is 0 Å². The van der Waals surface area contributed by atoms with Crippen LogP contribution in [-0.4, -0.2) is 4.83 Å². The van der Waals surface area contributed by atoms with E-state index in [0.717, 1.165) is 6.42 Å². The van der Waals surface area contributed by atoms with E-state index < -0.39 is 0 Å². The largest absolute Gasteiger partial charge is 0.0891 e. The third-order valence-corrected chi connectivity index (χ3v) is 4.14. The van der Waals surface area contributed by atoms with Gasteiger partial charge in [0.25, 0.3) is 0 Å². The van der Waals surface area contributed by atoms with Gasteiger partial charge in [-0.25, -0.2) is 0 Å². The lowest BCUT2D eigenvalue weighted by Gasteiger charge is -2.18. The molecule has 0 N–H and O–H groups in total. The first-order chi connectivity index (χ1) is 6.65. The second-order valence-corrected chi connectivity index (χ2v) is 5.94. The number of alkyl halides is 1. The Kier molecular flexibility index (Phi) is 5.18. The fraction of sp³-hybridized carbons (Fsp3) is 0.500. The van der Waals surface area contributed by atoms with Crippen LogP contribution < -0.4 is 0 Å². The van der Waals surface area contributed by atoms with E-state index in [9.17, 15) is 0 Å². The summed E-state index contributed by atoms with van der Waals surface area (Å²) >= 11 is 7.26. The molecule has 0 aromatic heterocycles. The van der Waals surface area contributed by atoms with E-state index in [4.69, 9.17) is 0 Å². The van der Waals surface area contributed by atoms with Gasteiger partial charge < -0.3 is 0 Å². The standard InChI is InChI=1S/C12H16Br2/c1-3-10(9(2)13)8-11-6-4-5-7-12(11)14/h4-7,9-10H,3,8H2,1-2H3. The fourth-order valence-corrected chi connectivity index (χ4v) is 2.59. The zero-order valence-electron chi connectivity index (χ0n) is 8.63. The van der Waals surface area contributed by atoms with Crippen LogP contribution in [0, 0.1) is 5.92 Å². The van der Waals surface area contributed by atoms with Crippen molar-refractivity contribution in [2.75, 3.05) is 0 Å². The Balaban J connectivity index is 2.72. The highest BCUT2D eigenvalue weighted by molar-refractivity contribution is 9.10. The minimum atomic E-state index is 0.583. The summed E-state index contributed by atoms with van der Waals surface area (Å²) < 4.78 is 1.23. The van der Waals surface area contributed by atoms with E-state index in [-0.39, 0.29) is 0 Å². The Hall–Kier alpha value is 0.180. The lowest BCUT2D eigenvalue weighted by atomic mass is 9.95. The van der Waals surface area contributed by atoms with Gasteiger partial charge in [-0.1, -0.05) is 70.3 Å². The summed E-state index contributed by atoms with van der Waals surface area (Å²) in [6.45, 7) is 4.48. The van der Waals surface area contributed by atoms with Crippen molar-refractivity contribution in [3.8, 4) is 0 Å². The average Bonchev–Trinajstić information content (AvgIpc) is 2.16. The molecule has 0 nitrogen and oxygen atoms in total.